The summed E-state index contributed by atoms with van der Waals surface area (Å²) in [6.07, 6.45) is 4.99. The lowest BCUT2D eigenvalue weighted by atomic mass is 10.0. The van der Waals surface area contributed by atoms with Gasteiger partial charge in [0.05, 0.1) is 24.7 Å². The fourth-order valence-corrected chi connectivity index (χ4v) is 2.35. The second-order valence-electron chi connectivity index (χ2n) is 4.93. The van der Waals surface area contributed by atoms with Crippen LogP contribution in [0.5, 0.6) is 5.88 Å². The molecule has 106 valence electrons. The minimum absolute atomic E-state index is 0.348. The third-order valence-electron chi connectivity index (χ3n) is 3.12. The number of aromatic nitrogens is 5. The third kappa shape index (κ3) is 3.23. The molecule has 0 N–H and O–H groups in total. The standard InChI is InChI=1S/C12H15ClN6O/c1-18-6-10(16-17-18)7-19-4-9(5-19)8-20-12-3-14-2-11(13)15-12/h2-3,6,9H,4-5,7-8H2,1H3. The van der Waals surface area contributed by atoms with Crippen molar-refractivity contribution in [2.24, 2.45) is 13.0 Å². The number of ether oxygens (including phenoxy) is 1. The molecular formula is C12H15ClN6O. The van der Waals surface area contributed by atoms with Gasteiger partial charge in [-0.05, 0) is 0 Å². The molecule has 0 radical (unpaired) electrons. The molecule has 2 aromatic heterocycles. The lowest BCUT2D eigenvalue weighted by Crippen LogP contribution is -2.48. The Bertz CT molecular complexity index is 583. The molecule has 20 heavy (non-hydrogen) atoms. The van der Waals surface area contributed by atoms with Crippen molar-refractivity contribution in [3.63, 3.8) is 0 Å². The van der Waals surface area contributed by atoms with Gasteiger partial charge in [-0.25, -0.2) is 0 Å². The molecule has 3 heterocycles. The number of likely N-dealkylation sites (tertiary alicyclic amines) is 1. The number of nitrogens with zero attached hydrogens (tertiary/aromatic N) is 6. The predicted molar refractivity (Wildman–Crippen MR) is 72.3 cm³/mol. The highest BCUT2D eigenvalue weighted by Gasteiger charge is 2.27. The van der Waals surface area contributed by atoms with Gasteiger partial charge in [0.15, 0.2) is 5.15 Å². The van der Waals surface area contributed by atoms with Gasteiger partial charge in [-0.2, -0.15) is 4.98 Å². The topological polar surface area (TPSA) is 69.0 Å². The Morgan fingerprint density at radius 1 is 1.40 bits per heavy atom. The molecule has 3 rings (SSSR count). The first-order valence-electron chi connectivity index (χ1n) is 6.37. The van der Waals surface area contributed by atoms with Crippen LogP contribution in [0.2, 0.25) is 5.15 Å². The molecule has 2 aromatic rings. The van der Waals surface area contributed by atoms with Crippen molar-refractivity contribution in [1.82, 2.24) is 29.9 Å². The van der Waals surface area contributed by atoms with E-state index >= 15 is 0 Å². The minimum Gasteiger partial charge on any atom is -0.476 e. The Kier molecular flexibility index (Phi) is 3.79. The Labute approximate surface area is 121 Å². The van der Waals surface area contributed by atoms with Crippen molar-refractivity contribution in [2.45, 2.75) is 6.54 Å². The third-order valence-corrected chi connectivity index (χ3v) is 3.30. The maximum absolute atomic E-state index is 5.75. The molecule has 0 unspecified atom stereocenters. The van der Waals surface area contributed by atoms with Crippen LogP contribution < -0.4 is 4.74 Å². The zero-order valence-corrected chi connectivity index (χ0v) is 11.9. The number of halogens is 1. The molecule has 0 amide bonds. The van der Waals surface area contributed by atoms with E-state index in [1.807, 2.05) is 13.2 Å². The number of hydrogen-bond donors (Lipinski definition) is 0. The molecule has 1 aliphatic heterocycles. The van der Waals surface area contributed by atoms with E-state index in [0.29, 0.717) is 23.6 Å². The van der Waals surface area contributed by atoms with Crippen LogP contribution in [-0.4, -0.2) is 49.6 Å². The highest BCUT2D eigenvalue weighted by molar-refractivity contribution is 6.29. The smallest absolute Gasteiger partial charge is 0.233 e. The lowest BCUT2D eigenvalue weighted by molar-refractivity contribution is 0.0533. The van der Waals surface area contributed by atoms with E-state index in [1.54, 1.807) is 10.9 Å². The SMILES string of the molecule is Cn1cc(CN2CC(COc3cncc(Cl)n3)C2)nn1. The summed E-state index contributed by atoms with van der Waals surface area (Å²) in [6, 6.07) is 0. The summed E-state index contributed by atoms with van der Waals surface area (Å²) >= 11 is 5.75. The molecule has 0 saturated carbocycles. The van der Waals surface area contributed by atoms with Crippen molar-refractivity contribution in [3.8, 4) is 5.88 Å². The van der Waals surface area contributed by atoms with Crippen LogP contribution in [0, 0.1) is 5.92 Å². The Hall–Kier alpha value is -1.73. The van der Waals surface area contributed by atoms with E-state index in [2.05, 4.69) is 25.2 Å². The van der Waals surface area contributed by atoms with Crippen molar-refractivity contribution >= 4 is 11.6 Å². The zero-order chi connectivity index (χ0) is 13.9. The number of hydrogen-bond acceptors (Lipinski definition) is 6. The summed E-state index contributed by atoms with van der Waals surface area (Å²) in [6.45, 7) is 3.45. The fraction of sp³-hybridized carbons (Fsp3) is 0.500. The lowest BCUT2D eigenvalue weighted by Gasteiger charge is -2.38. The number of aryl methyl sites for hydroxylation is 1. The second-order valence-corrected chi connectivity index (χ2v) is 5.32. The molecule has 0 atom stereocenters. The van der Waals surface area contributed by atoms with Crippen LogP contribution in [0.4, 0.5) is 0 Å². The first-order chi connectivity index (χ1) is 9.69. The van der Waals surface area contributed by atoms with Crippen molar-refractivity contribution in [1.29, 1.82) is 0 Å². The van der Waals surface area contributed by atoms with Gasteiger partial charge in [0.2, 0.25) is 5.88 Å². The Morgan fingerprint density at radius 2 is 2.25 bits per heavy atom. The first kappa shape index (κ1) is 13.3. The van der Waals surface area contributed by atoms with Crippen molar-refractivity contribution < 1.29 is 4.74 Å². The first-order valence-corrected chi connectivity index (χ1v) is 6.75. The number of rotatable bonds is 5. The molecule has 1 fully saturated rings. The van der Waals surface area contributed by atoms with Crippen molar-refractivity contribution in [2.75, 3.05) is 19.7 Å². The summed E-state index contributed by atoms with van der Waals surface area (Å²) in [5, 5.41) is 8.34. The van der Waals surface area contributed by atoms with E-state index in [9.17, 15) is 0 Å². The quantitative estimate of drug-likeness (QED) is 0.811. The summed E-state index contributed by atoms with van der Waals surface area (Å²) in [5.74, 6) is 0.984. The summed E-state index contributed by atoms with van der Waals surface area (Å²) in [7, 11) is 1.87. The molecule has 1 aliphatic rings. The normalized spacial score (nSPS) is 16.1. The van der Waals surface area contributed by atoms with E-state index in [4.69, 9.17) is 16.3 Å². The van der Waals surface area contributed by atoms with Gasteiger partial charge in [-0.15, -0.1) is 5.10 Å². The van der Waals surface area contributed by atoms with E-state index in [-0.39, 0.29) is 0 Å². The highest BCUT2D eigenvalue weighted by atomic mass is 35.5. The van der Waals surface area contributed by atoms with Gasteiger partial charge in [0, 0.05) is 38.8 Å². The monoisotopic (exact) mass is 294 g/mol. The van der Waals surface area contributed by atoms with Gasteiger partial charge in [0.1, 0.15) is 0 Å². The molecule has 0 aromatic carbocycles. The Morgan fingerprint density at radius 3 is 2.95 bits per heavy atom. The van der Waals surface area contributed by atoms with Gasteiger partial charge in [0.25, 0.3) is 0 Å². The Balaban J connectivity index is 1.40. The van der Waals surface area contributed by atoms with Gasteiger partial charge in [-0.1, -0.05) is 16.8 Å². The molecule has 8 heteroatoms. The molecular weight excluding hydrogens is 280 g/mol. The average molecular weight is 295 g/mol. The zero-order valence-electron chi connectivity index (χ0n) is 11.1. The molecule has 0 spiro atoms. The predicted octanol–water partition coefficient (Wildman–Crippen LogP) is 0.769. The fourth-order valence-electron chi connectivity index (χ4n) is 2.21. The highest BCUT2D eigenvalue weighted by Crippen LogP contribution is 2.19. The second kappa shape index (κ2) is 5.72. The summed E-state index contributed by atoms with van der Waals surface area (Å²) in [5.41, 5.74) is 0.993. The summed E-state index contributed by atoms with van der Waals surface area (Å²) in [4.78, 5) is 10.3. The largest absolute Gasteiger partial charge is 0.476 e. The molecule has 0 aliphatic carbocycles. The van der Waals surface area contributed by atoms with Crippen LogP contribution in [0.3, 0.4) is 0 Å². The van der Waals surface area contributed by atoms with Crippen LogP contribution in [0.25, 0.3) is 0 Å². The van der Waals surface area contributed by atoms with Gasteiger partial charge >= 0.3 is 0 Å². The van der Waals surface area contributed by atoms with Crippen LogP contribution in [0.15, 0.2) is 18.6 Å². The van der Waals surface area contributed by atoms with Gasteiger partial charge in [-0.3, -0.25) is 14.6 Å². The van der Waals surface area contributed by atoms with Crippen LogP contribution in [0.1, 0.15) is 5.69 Å². The molecule has 0 bridgehead atoms. The maximum Gasteiger partial charge on any atom is 0.233 e. The average Bonchev–Trinajstić information content (AvgIpc) is 2.78. The molecule has 7 nitrogen and oxygen atoms in total. The van der Waals surface area contributed by atoms with Crippen LogP contribution >= 0.6 is 11.6 Å². The van der Waals surface area contributed by atoms with Crippen molar-refractivity contribution in [3.05, 3.63) is 29.4 Å². The molecule has 1 saturated heterocycles. The van der Waals surface area contributed by atoms with E-state index < -0.39 is 0 Å². The van der Waals surface area contributed by atoms with E-state index in [1.165, 1.54) is 6.20 Å². The van der Waals surface area contributed by atoms with Gasteiger partial charge < -0.3 is 4.74 Å². The minimum atomic E-state index is 0.348. The summed E-state index contributed by atoms with van der Waals surface area (Å²) < 4.78 is 7.29. The van der Waals surface area contributed by atoms with Crippen LogP contribution in [-0.2, 0) is 13.6 Å². The van der Waals surface area contributed by atoms with E-state index in [0.717, 1.165) is 25.3 Å². The maximum atomic E-state index is 5.75.